The third kappa shape index (κ3) is 4.33. The molecule has 3 rings (SSSR count). The third-order valence-corrected chi connectivity index (χ3v) is 5.11. The molecule has 0 radical (unpaired) electrons. The Morgan fingerprint density at radius 3 is 2.76 bits per heavy atom. The fraction of sp³-hybridized carbons (Fsp3) is 0.375. The highest BCUT2D eigenvalue weighted by atomic mass is 35.5. The highest BCUT2D eigenvalue weighted by molar-refractivity contribution is 7.13. The Bertz CT molecular complexity index is 759. The van der Waals surface area contributed by atoms with E-state index in [-0.39, 0.29) is 24.0 Å². The zero-order valence-corrected chi connectivity index (χ0v) is 15.3. The number of nitro groups is 1. The van der Waals surface area contributed by atoms with Gasteiger partial charge in [0.05, 0.1) is 4.92 Å². The van der Waals surface area contributed by atoms with Crippen molar-refractivity contribution in [3.05, 3.63) is 45.5 Å². The predicted molar refractivity (Wildman–Crippen MR) is 99.4 cm³/mol. The minimum atomic E-state index is -0.435. The molecule has 1 fully saturated rings. The van der Waals surface area contributed by atoms with E-state index >= 15 is 0 Å². The Labute approximate surface area is 155 Å². The molecule has 0 atom stereocenters. The number of rotatable bonds is 4. The largest absolute Gasteiger partial charge is 0.337 e. The molecular weight excluding hydrogens is 364 g/mol. The number of nitrogens with one attached hydrogen (secondary N) is 1. The smallest absolute Gasteiger partial charge is 0.273 e. The van der Waals surface area contributed by atoms with E-state index < -0.39 is 4.92 Å². The first-order valence-electron chi connectivity index (χ1n) is 7.75. The molecule has 9 heteroatoms. The van der Waals surface area contributed by atoms with Crippen LogP contribution in [0.2, 0.25) is 0 Å². The molecule has 1 aliphatic heterocycles. The summed E-state index contributed by atoms with van der Waals surface area (Å²) in [7, 11) is 1.94. The van der Waals surface area contributed by atoms with Crippen LogP contribution in [0.15, 0.2) is 29.6 Å². The van der Waals surface area contributed by atoms with Crippen molar-refractivity contribution in [2.24, 2.45) is 0 Å². The number of amides is 1. The van der Waals surface area contributed by atoms with Gasteiger partial charge in [-0.2, -0.15) is 0 Å². The highest BCUT2D eigenvalue weighted by Gasteiger charge is 2.24. The number of thiazole rings is 1. The van der Waals surface area contributed by atoms with E-state index in [0.29, 0.717) is 35.4 Å². The van der Waals surface area contributed by atoms with E-state index in [1.165, 1.54) is 23.5 Å². The summed E-state index contributed by atoms with van der Waals surface area (Å²) in [6.45, 7) is 1.43. The summed E-state index contributed by atoms with van der Waals surface area (Å²) in [4.78, 5) is 29.2. The van der Waals surface area contributed by atoms with Gasteiger partial charge in [-0.15, -0.1) is 23.7 Å². The number of hydrogen-bond donors (Lipinski definition) is 1. The van der Waals surface area contributed by atoms with Gasteiger partial charge >= 0.3 is 0 Å². The number of carbonyl (C=O) groups excluding carboxylic acids is 1. The maximum atomic E-state index is 12.6. The number of non-ortho nitro benzene ring substituents is 1. The second-order valence-corrected chi connectivity index (χ2v) is 6.56. The predicted octanol–water partition coefficient (Wildman–Crippen LogP) is 2.96. The number of aromatic nitrogens is 1. The molecule has 0 unspecified atom stereocenters. The monoisotopic (exact) mass is 382 g/mol. The quantitative estimate of drug-likeness (QED) is 0.648. The van der Waals surface area contributed by atoms with Gasteiger partial charge in [0.1, 0.15) is 10.7 Å². The van der Waals surface area contributed by atoms with Gasteiger partial charge in [-0.05, 0) is 19.9 Å². The summed E-state index contributed by atoms with van der Waals surface area (Å²) >= 11 is 1.33. The third-order valence-electron chi connectivity index (χ3n) is 4.22. The average molecular weight is 383 g/mol. The SMILES string of the molecule is CNC1CCN(C(=O)c2csc(-c3cccc([N+](=O)[O-])c3)n2)CC1.Cl. The van der Waals surface area contributed by atoms with Gasteiger partial charge in [-0.3, -0.25) is 14.9 Å². The van der Waals surface area contributed by atoms with Crippen molar-refractivity contribution in [3.63, 3.8) is 0 Å². The number of nitrogens with zero attached hydrogens (tertiary/aromatic N) is 3. The molecule has 0 saturated carbocycles. The van der Waals surface area contributed by atoms with Crippen LogP contribution in [0.25, 0.3) is 10.6 Å². The first-order chi connectivity index (χ1) is 11.6. The van der Waals surface area contributed by atoms with Crippen LogP contribution in [0.3, 0.4) is 0 Å². The Morgan fingerprint density at radius 1 is 1.40 bits per heavy atom. The number of benzene rings is 1. The number of likely N-dealkylation sites (tertiary alicyclic amines) is 1. The summed E-state index contributed by atoms with van der Waals surface area (Å²) in [5.41, 5.74) is 1.08. The fourth-order valence-corrected chi connectivity index (χ4v) is 3.58. The summed E-state index contributed by atoms with van der Waals surface area (Å²) in [5.74, 6) is -0.0718. The van der Waals surface area contributed by atoms with Crippen LogP contribution in [0.4, 0.5) is 5.69 Å². The molecule has 25 heavy (non-hydrogen) atoms. The van der Waals surface area contributed by atoms with Crippen molar-refractivity contribution in [3.8, 4) is 10.6 Å². The van der Waals surface area contributed by atoms with Gasteiger partial charge < -0.3 is 10.2 Å². The molecule has 1 saturated heterocycles. The molecule has 2 aromatic rings. The van der Waals surface area contributed by atoms with E-state index in [9.17, 15) is 14.9 Å². The minimum Gasteiger partial charge on any atom is -0.337 e. The fourth-order valence-electron chi connectivity index (χ4n) is 2.79. The zero-order valence-electron chi connectivity index (χ0n) is 13.7. The maximum Gasteiger partial charge on any atom is 0.273 e. The van der Waals surface area contributed by atoms with E-state index in [0.717, 1.165) is 12.8 Å². The second-order valence-electron chi connectivity index (χ2n) is 5.70. The molecule has 0 spiro atoms. The molecule has 7 nitrogen and oxygen atoms in total. The second kappa shape index (κ2) is 8.37. The lowest BCUT2D eigenvalue weighted by molar-refractivity contribution is -0.384. The Kier molecular flexibility index (Phi) is 6.46. The first kappa shape index (κ1) is 19.3. The molecule has 0 aliphatic carbocycles. The van der Waals surface area contributed by atoms with Crippen molar-refractivity contribution in [2.75, 3.05) is 20.1 Å². The van der Waals surface area contributed by atoms with Crippen LogP contribution >= 0.6 is 23.7 Å². The Morgan fingerprint density at radius 2 is 2.12 bits per heavy atom. The van der Waals surface area contributed by atoms with Gasteiger partial charge in [0, 0.05) is 42.2 Å². The van der Waals surface area contributed by atoms with Crippen LogP contribution in [0.5, 0.6) is 0 Å². The Hall–Kier alpha value is -2.03. The molecule has 0 bridgehead atoms. The molecule has 134 valence electrons. The number of halogens is 1. The number of carbonyl (C=O) groups is 1. The minimum absolute atomic E-state index is 0. The summed E-state index contributed by atoms with van der Waals surface area (Å²) in [6.07, 6.45) is 1.87. The average Bonchev–Trinajstić information content (AvgIpc) is 3.11. The molecule has 2 heterocycles. The standard InChI is InChI=1S/C16H18N4O3S.ClH/c1-17-12-5-7-19(8-6-12)16(21)14-10-24-15(18-14)11-3-2-4-13(9-11)20(22)23;/h2-4,9-10,12,17H,5-8H2,1H3;1H. The van der Waals surface area contributed by atoms with Crippen LogP contribution in [0, 0.1) is 10.1 Å². The first-order valence-corrected chi connectivity index (χ1v) is 8.63. The summed E-state index contributed by atoms with van der Waals surface area (Å²) in [5, 5.41) is 16.5. The molecular formula is C16H19ClN4O3S. The van der Waals surface area contributed by atoms with Gasteiger partial charge in [0.15, 0.2) is 0 Å². The number of nitro benzene ring substituents is 1. The van der Waals surface area contributed by atoms with Gasteiger partial charge in [0.25, 0.3) is 11.6 Å². The number of hydrogen-bond acceptors (Lipinski definition) is 6. The normalized spacial score (nSPS) is 14.8. The van der Waals surface area contributed by atoms with Gasteiger partial charge in [0.2, 0.25) is 0 Å². The van der Waals surface area contributed by atoms with Gasteiger partial charge in [-0.1, -0.05) is 12.1 Å². The lowest BCUT2D eigenvalue weighted by atomic mass is 10.1. The molecule has 1 aromatic heterocycles. The van der Waals surface area contributed by atoms with Crippen molar-refractivity contribution in [1.82, 2.24) is 15.2 Å². The van der Waals surface area contributed by atoms with E-state index in [4.69, 9.17) is 0 Å². The number of piperidine rings is 1. The van der Waals surface area contributed by atoms with E-state index in [1.807, 2.05) is 11.9 Å². The lowest BCUT2D eigenvalue weighted by Gasteiger charge is -2.31. The summed E-state index contributed by atoms with van der Waals surface area (Å²) in [6, 6.07) is 6.77. The lowest BCUT2D eigenvalue weighted by Crippen LogP contribution is -2.44. The molecule has 1 aromatic carbocycles. The van der Waals surface area contributed by atoms with Crippen molar-refractivity contribution >= 4 is 35.3 Å². The highest BCUT2D eigenvalue weighted by Crippen LogP contribution is 2.27. The topological polar surface area (TPSA) is 88.4 Å². The van der Waals surface area contributed by atoms with Crippen molar-refractivity contribution < 1.29 is 9.72 Å². The van der Waals surface area contributed by atoms with Crippen LogP contribution < -0.4 is 5.32 Å². The van der Waals surface area contributed by atoms with E-state index in [1.54, 1.807) is 17.5 Å². The van der Waals surface area contributed by atoms with Crippen LogP contribution in [-0.2, 0) is 0 Å². The van der Waals surface area contributed by atoms with Crippen molar-refractivity contribution in [1.29, 1.82) is 0 Å². The van der Waals surface area contributed by atoms with Crippen LogP contribution in [0.1, 0.15) is 23.3 Å². The van der Waals surface area contributed by atoms with E-state index in [2.05, 4.69) is 10.3 Å². The Balaban J connectivity index is 0.00000225. The zero-order chi connectivity index (χ0) is 17.1. The molecule has 1 N–H and O–H groups in total. The maximum absolute atomic E-state index is 12.6. The van der Waals surface area contributed by atoms with Gasteiger partial charge in [-0.25, -0.2) is 4.98 Å². The summed E-state index contributed by atoms with van der Waals surface area (Å²) < 4.78 is 0. The molecule has 1 amide bonds. The van der Waals surface area contributed by atoms with Crippen LogP contribution in [-0.4, -0.2) is 46.9 Å². The van der Waals surface area contributed by atoms with Crippen molar-refractivity contribution in [2.45, 2.75) is 18.9 Å². The molecule has 1 aliphatic rings.